The fraction of sp³-hybridized carbons (Fsp3) is 0.714. The van der Waals surface area contributed by atoms with Crippen LogP contribution in [0, 0.1) is 0 Å². The number of aliphatic hydroxyl groups excluding tert-OH is 1. The lowest BCUT2D eigenvalue weighted by Gasteiger charge is -2.15. The molecule has 0 saturated carbocycles. The molecule has 0 aliphatic rings. The Kier molecular flexibility index (Phi) is 42.5. The predicted molar refractivity (Wildman–Crippen MR) is 233 cm³/mol. The lowest BCUT2D eigenvalue weighted by atomic mass is 10.0. The first-order chi connectivity index (χ1) is 26.6. The third-order valence-corrected chi connectivity index (χ3v) is 9.49. The normalized spacial score (nSPS) is 12.9. The molecule has 0 rings (SSSR count). The molecule has 0 aromatic rings. The number of ether oxygens (including phenoxy) is 2. The minimum Gasteiger partial charge on any atom is -0.462 e. The van der Waals surface area contributed by atoms with Crippen molar-refractivity contribution in [2.75, 3.05) is 13.2 Å². The molecule has 0 radical (unpaired) electrons. The van der Waals surface area contributed by atoms with Crippen LogP contribution in [0.25, 0.3) is 0 Å². The van der Waals surface area contributed by atoms with E-state index in [1.807, 2.05) is 12.2 Å². The molecule has 5 nitrogen and oxygen atoms in total. The minimum absolute atomic E-state index is 0.0983. The van der Waals surface area contributed by atoms with Gasteiger partial charge >= 0.3 is 11.9 Å². The highest BCUT2D eigenvalue weighted by Gasteiger charge is 2.15. The molecule has 54 heavy (non-hydrogen) atoms. The van der Waals surface area contributed by atoms with Crippen molar-refractivity contribution in [3.05, 3.63) is 72.9 Å². The highest BCUT2D eigenvalue weighted by Crippen LogP contribution is 2.14. The maximum atomic E-state index is 12.2. The van der Waals surface area contributed by atoms with Gasteiger partial charge in [-0.3, -0.25) is 9.59 Å². The van der Waals surface area contributed by atoms with E-state index in [2.05, 4.69) is 74.6 Å². The summed E-state index contributed by atoms with van der Waals surface area (Å²) < 4.78 is 10.6. The van der Waals surface area contributed by atoms with Crippen molar-refractivity contribution >= 4 is 11.9 Å². The fourth-order valence-electron chi connectivity index (χ4n) is 6.06. The Morgan fingerprint density at radius 3 is 1.24 bits per heavy atom. The summed E-state index contributed by atoms with van der Waals surface area (Å²) in [7, 11) is 0. The van der Waals surface area contributed by atoms with Crippen LogP contribution in [-0.4, -0.2) is 36.4 Å². The van der Waals surface area contributed by atoms with Crippen molar-refractivity contribution in [2.24, 2.45) is 0 Å². The number of allylic oxidation sites excluding steroid dienone is 12. The molecular formula is C49H84O5. The Morgan fingerprint density at radius 2 is 0.778 bits per heavy atom. The summed E-state index contributed by atoms with van der Waals surface area (Å²) in [5.74, 6) is -0.688. The topological polar surface area (TPSA) is 72.8 Å². The Morgan fingerprint density at radius 1 is 0.426 bits per heavy atom. The number of esters is 2. The van der Waals surface area contributed by atoms with E-state index in [0.29, 0.717) is 12.8 Å². The SMILES string of the molecule is CCCCC/C=C\C/C=C\C/C=C\C/C=C\C/C=C\CCC(=O)O[C@@H](CO)COC(=O)CCCCCCCCCCCCC/C=C\CCCCCCCC. The third-order valence-electron chi connectivity index (χ3n) is 9.49. The van der Waals surface area contributed by atoms with Crippen molar-refractivity contribution in [1.29, 1.82) is 0 Å². The van der Waals surface area contributed by atoms with Gasteiger partial charge in [0.1, 0.15) is 6.61 Å². The summed E-state index contributed by atoms with van der Waals surface area (Å²) in [6.07, 6.45) is 59.8. The number of aliphatic hydroxyl groups is 1. The standard InChI is InChI=1S/C49H84O5/c1-3-5-7-9-11-13-15-17-19-21-23-24-26-27-29-31-33-35-37-39-41-43-48(51)53-46-47(45-50)54-49(52)44-42-40-38-36-34-32-30-28-25-22-20-18-16-14-12-10-8-6-4-2/h12,14,17-20,25,28,32,34,38,40,47,50H,3-11,13,15-16,21-24,26-27,29-31,33,35-37,39,41-46H2,1-2H3/b14-12-,19-17-,20-18-,28-25-,34-32-,40-38-/t47-/m0/s1. The van der Waals surface area contributed by atoms with Crippen LogP contribution in [-0.2, 0) is 19.1 Å². The van der Waals surface area contributed by atoms with Gasteiger partial charge < -0.3 is 14.6 Å². The van der Waals surface area contributed by atoms with E-state index in [4.69, 9.17) is 9.47 Å². The number of carbonyl (C=O) groups is 2. The summed E-state index contributed by atoms with van der Waals surface area (Å²) in [5.41, 5.74) is 0. The summed E-state index contributed by atoms with van der Waals surface area (Å²) >= 11 is 0. The number of unbranched alkanes of at least 4 members (excludes halogenated alkanes) is 20. The lowest BCUT2D eigenvalue weighted by Crippen LogP contribution is -2.28. The molecule has 0 bridgehead atoms. The van der Waals surface area contributed by atoms with Crippen LogP contribution in [0.2, 0.25) is 0 Å². The first-order valence-electron chi connectivity index (χ1n) is 22.5. The van der Waals surface area contributed by atoms with Crippen LogP contribution in [0.3, 0.4) is 0 Å². The summed E-state index contributed by atoms with van der Waals surface area (Å²) in [5, 5.41) is 9.58. The van der Waals surface area contributed by atoms with Gasteiger partial charge in [-0.15, -0.1) is 0 Å². The molecule has 0 amide bonds. The van der Waals surface area contributed by atoms with Crippen LogP contribution in [0.1, 0.15) is 206 Å². The Bertz CT molecular complexity index is 988. The predicted octanol–water partition coefficient (Wildman–Crippen LogP) is 14.5. The molecule has 0 aromatic heterocycles. The van der Waals surface area contributed by atoms with E-state index in [9.17, 15) is 14.7 Å². The number of carbonyl (C=O) groups excluding carboxylic acids is 2. The second-order valence-corrected chi connectivity index (χ2v) is 14.8. The quantitative estimate of drug-likeness (QED) is 0.0383. The Hall–Kier alpha value is -2.66. The van der Waals surface area contributed by atoms with Gasteiger partial charge in [-0.05, 0) is 77.0 Å². The third kappa shape index (κ3) is 42.1. The van der Waals surface area contributed by atoms with Gasteiger partial charge in [0.15, 0.2) is 6.10 Å². The van der Waals surface area contributed by atoms with Gasteiger partial charge in [-0.25, -0.2) is 0 Å². The van der Waals surface area contributed by atoms with Crippen LogP contribution in [0.5, 0.6) is 0 Å². The second kappa shape index (κ2) is 44.7. The molecule has 0 spiro atoms. The molecule has 0 aromatic carbocycles. The molecule has 0 fully saturated rings. The molecule has 0 aliphatic heterocycles. The first-order valence-corrected chi connectivity index (χ1v) is 22.5. The van der Waals surface area contributed by atoms with E-state index in [1.165, 1.54) is 128 Å². The van der Waals surface area contributed by atoms with Crippen molar-refractivity contribution < 1.29 is 24.2 Å². The molecule has 5 heteroatoms. The van der Waals surface area contributed by atoms with Crippen molar-refractivity contribution in [1.82, 2.24) is 0 Å². The molecule has 1 atom stereocenters. The number of hydrogen-bond acceptors (Lipinski definition) is 5. The molecule has 0 saturated heterocycles. The molecular weight excluding hydrogens is 669 g/mol. The highest BCUT2D eigenvalue weighted by molar-refractivity contribution is 5.70. The largest absolute Gasteiger partial charge is 0.462 e. The van der Waals surface area contributed by atoms with Gasteiger partial charge in [-0.2, -0.15) is 0 Å². The molecule has 0 heterocycles. The summed E-state index contributed by atoms with van der Waals surface area (Å²) in [6, 6.07) is 0. The molecule has 0 aliphatic carbocycles. The van der Waals surface area contributed by atoms with E-state index >= 15 is 0 Å². The molecule has 0 unspecified atom stereocenters. The maximum absolute atomic E-state index is 12.2. The van der Waals surface area contributed by atoms with Crippen molar-refractivity contribution in [3.8, 4) is 0 Å². The highest BCUT2D eigenvalue weighted by atomic mass is 16.6. The number of hydrogen-bond donors (Lipinski definition) is 1. The zero-order chi connectivity index (χ0) is 39.3. The van der Waals surface area contributed by atoms with E-state index in [1.54, 1.807) is 0 Å². The average Bonchev–Trinajstić information content (AvgIpc) is 3.17. The zero-order valence-corrected chi connectivity index (χ0v) is 35.2. The van der Waals surface area contributed by atoms with Crippen LogP contribution in [0.4, 0.5) is 0 Å². The van der Waals surface area contributed by atoms with E-state index < -0.39 is 12.1 Å². The van der Waals surface area contributed by atoms with Gasteiger partial charge in [0.2, 0.25) is 0 Å². The Labute approximate surface area is 333 Å². The van der Waals surface area contributed by atoms with Gasteiger partial charge in [0, 0.05) is 12.8 Å². The monoisotopic (exact) mass is 753 g/mol. The number of rotatable bonds is 40. The summed E-state index contributed by atoms with van der Waals surface area (Å²) in [4.78, 5) is 24.3. The summed E-state index contributed by atoms with van der Waals surface area (Å²) in [6.45, 7) is 4.05. The fourth-order valence-corrected chi connectivity index (χ4v) is 6.06. The first kappa shape index (κ1) is 51.3. The Balaban J connectivity index is 3.64. The van der Waals surface area contributed by atoms with Crippen LogP contribution >= 0.6 is 0 Å². The molecule has 310 valence electrons. The van der Waals surface area contributed by atoms with Crippen LogP contribution < -0.4 is 0 Å². The maximum Gasteiger partial charge on any atom is 0.306 e. The second-order valence-electron chi connectivity index (χ2n) is 14.8. The van der Waals surface area contributed by atoms with Gasteiger partial charge in [0.05, 0.1) is 6.61 Å². The van der Waals surface area contributed by atoms with Crippen molar-refractivity contribution in [2.45, 2.75) is 213 Å². The zero-order valence-electron chi connectivity index (χ0n) is 35.2. The van der Waals surface area contributed by atoms with Gasteiger partial charge in [0.25, 0.3) is 0 Å². The smallest absolute Gasteiger partial charge is 0.306 e. The van der Waals surface area contributed by atoms with Gasteiger partial charge in [-0.1, -0.05) is 189 Å². The van der Waals surface area contributed by atoms with E-state index in [-0.39, 0.29) is 25.6 Å². The van der Waals surface area contributed by atoms with Crippen LogP contribution in [0.15, 0.2) is 72.9 Å². The van der Waals surface area contributed by atoms with E-state index in [0.717, 1.165) is 44.9 Å². The van der Waals surface area contributed by atoms with Crippen molar-refractivity contribution in [3.63, 3.8) is 0 Å². The average molecular weight is 753 g/mol. The molecule has 1 N–H and O–H groups in total. The minimum atomic E-state index is -0.814. The lowest BCUT2D eigenvalue weighted by molar-refractivity contribution is -0.161.